The summed E-state index contributed by atoms with van der Waals surface area (Å²) >= 11 is 0. The zero-order chi connectivity index (χ0) is 18.5. The Kier molecular flexibility index (Phi) is 4.63. The van der Waals surface area contributed by atoms with Gasteiger partial charge >= 0.3 is 0 Å². The maximum atomic E-state index is 12.9. The summed E-state index contributed by atoms with van der Waals surface area (Å²) < 4.78 is 28.8. The van der Waals surface area contributed by atoms with Crippen LogP contribution in [0.5, 0.6) is 0 Å². The van der Waals surface area contributed by atoms with Crippen molar-refractivity contribution in [3.05, 3.63) is 29.8 Å². The lowest BCUT2D eigenvalue weighted by Crippen LogP contribution is -2.51. The first-order chi connectivity index (χ1) is 13.0. The Labute approximate surface area is 164 Å². The fraction of sp³-hybridized carbons (Fsp3) is 0.739. The Bertz CT molecular complexity index is 742. The first-order valence-corrected chi connectivity index (χ1v) is 12.6. The molecule has 148 valence electrons. The van der Waals surface area contributed by atoms with Gasteiger partial charge in [-0.25, -0.2) is 13.1 Å². The van der Waals surface area contributed by atoms with Gasteiger partial charge in [0.05, 0.1) is 4.90 Å². The molecule has 1 aromatic rings. The van der Waals surface area contributed by atoms with Crippen molar-refractivity contribution in [3.63, 3.8) is 0 Å². The van der Waals surface area contributed by atoms with Gasteiger partial charge < -0.3 is 0 Å². The van der Waals surface area contributed by atoms with E-state index in [0.717, 1.165) is 17.8 Å². The molecular weight excluding hydrogens is 354 g/mol. The molecule has 0 aliphatic heterocycles. The third-order valence-corrected chi connectivity index (χ3v) is 9.49. The van der Waals surface area contributed by atoms with Gasteiger partial charge in [-0.15, -0.1) is 0 Å². The van der Waals surface area contributed by atoms with Gasteiger partial charge in [0, 0.05) is 6.54 Å². The lowest BCUT2D eigenvalue weighted by atomic mass is 9.50. The maximum absolute atomic E-state index is 12.9. The summed E-state index contributed by atoms with van der Waals surface area (Å²) in [7, 11) is -3.40. The molecule has 0 saturated heterocycles. The van der Waals surface area contributed by atoms with Crippen LogP contribution in [0.4, 0.5) is 0 Å². The molecule has 27 heavy (non-hydrogen) atoms. The maximum Gasteiger partial charge on any atom is 0.240 e. The molecule has 5 aliphatic carbocycles. The van der Waals surface area contributed by atoms with E-state index in [1.54, 1.807) is 0 Å². The van der Waals surface area contributed by atoms with Crippen molar-refractivity contribution in [1.29, 1.82) is 0 Å². The molecule has 0 aromatic heterocycles. The fourth-order valence-electron chi connectivity index (χ4n) is 7.19. The van der Waals surface area contributed by atoms with Crippen molar-refractivity contribution in [2.24, 2.45) is 23.2 Å². The molecule has 3 nitrogen and oxygen atoms in total. The number of hydrogen-bond acceptors (Lipinski definition) is 2. The number of rotatable bonds is 5. The second kappa shape index (κ2) is 6.88. The highest BCUT2D eigenvalue weighted by Gasteiger charge is 2.50. The third-order valence-electron chi connectivity index (χ3n) is 8.07. The number of benzene rings is 1. The summed E-state index contributed by atoms with van der Waals surface area (Å²) in [4.78, 5) is 0.437. The number of nitrogens with one attached hydrogen (secondary N) is 1. The van der Waals surface area contributed by atoms with Crippen LogP contribution in [0.1, 0.15) is 82.1 Å². The molecule has 0 amide bonds. The Morgan fingerprint density at radius 1 is 0.852 bits per heavy atom. The molecular formula is C23H33NO2S. The molecule has 4 heteroatoms. The molecule has 0 radical (unpaired) electrons. The zero-order valence-electron chi connectivity index (χ0n) is 16.3. The topological polar surface area (TPSA) is 46.2 Å². The van der Waals surface area contributed by atoms with E-state index in [-0.39, 0.29) is 5.41 Å². The largest absolute Gasteiger partial charge is 0.240 e. The summed E-state index contributed by atoms with van der Waals surface area (Å²) in [6.07, 6.45) is 14.4. The van der Waals surface area contributed by atoms with Crippen LogP contribution in [0.2, 0.25) is 0 Å². The summed E-state index contributed by atoms with van der Waals surface area (Å²) in [6.45, 7) is 0.642. The molecule has 1 aromatic carbocycles. The van der Waals surface area contributed by atoms with Crippen molar-refractivity contribution < 1.29 is 8.42 Å². The summed E-state index contributed by atoms with van der Waals surface area (Å²) in [5.74, 6) is 3.19. The van der Waals surface area contributed by atoms with Gasteiger partial charge in [0.15, 0.2) is 0 Å². The van der Waals surface area contributed by atoms with Crippen molar-refractivity contribution in [2.75, 3.05) is 6.54 Å². The Hall–Kier alpha value is -0.870. The second-order valence-corrected chi connectivity index (χ2v) is 11.9. The number of hydrogen-bond donors (Lipinski definition) is 1. The molecule has 4 bridgehead atoms. The molecule has 5 fully saturated rings. The molecule has 0 atom stereocenters. The van der Waals surface area contributed by atoms with Crippen molar-refractivity contribution >= 4 is 10.0 Å². The van der Waals surface area contributed by atoms with E-state index in [0.29, 0.717) is 17.4 Å². The van der Waals surface area contributed by atoms with Crippen molar-refractivity contribution in [2.45, 2.75) is 81.4 Å². The van der Waals surface area contributed by atoms with Crippen LogP contribution in [0, 0.1) is 23.2 Å². The fourth-order valence-corrected chi connectivity index (χ4v) is 8.35. The van der Waals surface area contributed by atoms with Crippen LogP contribution < -0.4 is 4.72 Å². The van der Waals surface area contributed by atoms with Gasteiger partial charge in [-0.1, -0.05) is 31.4 Å². The van der Waals surface area contributed by atoms with Crippen molar-refractivity contribution in [1.82, 2.24) is 4.72 Å². The van der Waals surface area contributed by atoms with E-state index in [2.05, 4.69) is 16.9 Å². The zero-order valence-corrected chi connectivity index (χ0v) is 17.1. The van der Waals surface area contributed by atoms with Crippen LogP contribution in [0.15, 0.2) is 29.2 Å². The predicted octanol–water partition coefficient (Wildman–Crippen LogP) is 5.23. The van der Waals surface area contributed by atoms with Crippen LogP contribution in [0.3, 0.4) is 0 Å². The minimum Gasteiger partial charge on any atom is -0.211 e. The third kappa shape index (κ3) is 3.60. The van der Waals surface area contributed by atoms with Gasteiger partial charge in [-0.3, -0.25) is 0 Å². The first kappa shape index (κ1) is 18.2. The standard InChI is InChI=1S/C23H33NO2S/c25-27(26,22-8-6-21(7-9-22)20-4-2-1-3-5-20)24-16-23-13-17-10-18(14-23)12-19(11-17)15-23/h6-9,17-20,24H,1-5,10-16H2. The van der Waals surface area contributed by atoms with E-state index >= 15 is 0 Å². The van der Waals surface area contributed by atoms with E-state index < -0.39 is 10.0 Å². The summed E-state index contributed by atoms with van der Waals surface area (Å²) in [6, 6.07) is 7.75. The lowest BCUT2D eigenvalue weighted by molar-refractivity contribution is -0.0487. The second-order valence-electron chi connectivity index (χ2n) is 10.1. The highest BCUT2D eigenvalue weighted by Crippen LogP contribution is 2.59. The van der Waals surface area contributed by atoms with Gasteiger partial charge in [-0.05, 0) is 98.1 Å². The Morgan fingerprint density at radius 3 is 1.96 bits per heavy atom. The predicted molar refractivity (Wildman–Crippen MR) is 108 cm³/mol. The van der Waals surface area contributed by atoms with E-state index in [9.17, 15) is 8.42 Å². The minimum absolute atomic E-state index is 0.240. The van der Waals surface area contributed by atoms with Crippen LogP contribution in [-0.2, 0) is 10.0 Å². The average Bonchev–Trinajstić information content (AvgIpc) is 2.67. The van der Waals surface area contributed by atoms with Crippen LogP contribution >= 0.6 is 0 Å². The van der Waals surface area contributed by atoms with Crippen molar-refractivity contribution in [3.8, 4) is 0 Å². The Morgan fingerprint density at radius 2 is 1.41 bits per heavy atom. The Balaban J connectivity index is 1.26. The van der Waals surface area contributed by atoms with E-state index in [1.807, 2.05) is 12.1 Å². The average molecular weight is 388 g/mol. The smallest absolute Gasteiger partial charge is 0.211 e. The van der Waals surface area contributed by atoms with Crippen LogP contribution in [-0.4, -0.2) is 15.0 Å². The summed E-state index contributed by atoms with van der Waals surface area (Å²) in [5, 5.41) is 0. The minimum atomic E-state index is -3.40. The monoisotopic (exact) mass is 387 g/mol. The van der Waals surface area contributed by atoms with Crippen LogP contribution in [0.25, 0.3) is 0 Å². The highest BCUT2D eigenvalue weighted by molar-refractivity contribution is 7.89. The molecule has 0 unspecified atom stereocenters. The quantitative estimate of drug-likeness (QED) is 0.752. The molecule has 1 N–H and O–H groups in total. The van der Waals surface area contributed by atoms with Gasteiger partial charge in [0.25, 0.3) is 0 Å². The van der Waals surface area contributed by atoms with E-state index in [1.165, 1.54) is 76.2 Å². The normalized spacial score (nSPS) is 36.2. The first-order valence-electron chi connectivity index (χ1n) is 11.1. The molecule has 0 spiro atoms. The molecule has 5 aliphatic rings. The molecule has 5 saturated carbocycles. The van der Waals surface area contributed by atoms with E-state index in [4.69, 9.17) is 0 Å². The number of sulfonamides is 1. The highest BCUT2D eigenvalue weighted by atomic mass is 32.2. The lowest BCUT2D eigenvalue weighted by Gasteiger charge is -2.56. The molecule has 6 rings (SSSR count). The van der Waals surface area contributed by atoms with Gasteiger partial charge in [-0.2, -0.15) is 0 Å². The molecule has 0 heterocycles. The van der Waals surface area contributed by atoms with Gasteiger partial charge in [0.1, 0.15) is 0 Å². The summed E-state index contributed by atoms with van der Waals surface area (Å²) in [5.41, 5.74) is 1.55. The van der Waals surface area contributed by atoms with Gasteiger partial charge in [0.2, 0.25) is 10.0 Å². The SMILES string of the molecule is O=S(=O)(NCC12CC3CC(CC(C3)C1)C2)c1ccc(C2CCCCC2)cc1.